The van der Waals surface area contributed by atoms with Crippen LogP contribution in [0, 0.1) is 5.92 Å². The number of hydrogen-bond donors (Lipinski definition) is 1. The fourth-order valence-corrected chi connectivity index (χ4v) is 2.35. The number of aliphatic carboxylic acids is 1. The number of piperidine rings is 1. The van der Waals surface area contributed by atoms with Crippen molar-refractivity contribution in [2.24, 2.45) is 5.92 Å². The summed E-state index contributed by atoms with van der Waals surface area (Å²) in [6.45, 7) is 1.91. The lowest BCUT2D eigenvalue weighted by Gasteiger charge is -2.33. The maximum Gasteiger partial charge on any atom is 0.303 e. The molecule has 0 saturated carbocycles. The molecule has 1 aromatic carbocycles. The highest BCUT2D eigenvalue weighted by molar-refractivity contribution is 5.67. The van der Waals surface area contributed by atoms with Gasteiger partial charge < -0.3 is 10.0 Å². The second-order valence-electron chi connectivity index (χ2n) is 4.39. The van der Waals surface area contributed by atoms with Crippen LogP contribution in [0.5, 0.6) is 0 Å². The van der Waals surface area contributed by atoms with Gasteiger partial charge in [-0.3, -0.25) is 4.79 Å². The Morgan fingerprint density at radius 2 is 2.12 bits per heavy atom. The Kier molecular flexibility index (Phi) is 3.44. The summed E-state index contributed by atoms with van der Waals surface area (Å²) in [6, 6.07) is 10.2. The third kappa shape index (κ3) is 2.75. The molecular weight excluding hydrogens is 202 g/mol. The van der Waals surface area contributed by atoms with E-state index in [1.165, 1.54) is 5.69 Å². The van der Waals surface area contributed by atoms with E-state index < -0.39 is 5.97 Å². The molecule has 3 nitrogen and oxygen atoms in total. The number of rotatable bonds is 3. The van der Waals surface area contributed by atoms with Gasteiger partial charge in [0.1, 0.15) is 0 Å². The summed E-state index contributed by atoms with van der Waals surface area (Å²) in [5, 5.41) is 8.80. The topological polar surface area (TPSA) is 40.5 Å². The maximum absolute atomic E-state index is 10.7. The van der Waals surface area contributed by atoms with Crippen LogP contribution in [0.25, 0.3) is 0 Å². The van der Waals surface area contributed by atoms with Crippen molar-refractivity contribution < 1.29 is 9.90 Å². The van der Waals surface area contributed by atoms with Crippen molar-refractivity contribution in [1.29, 1.82) is 0 Å². The van der Waals surface area contributed by atoms with E-state index in [0.29, 0.717) is 12.3 Å². The number of para-hydroxylation sites is 1. The predicted octanol–water partition coefficient (Wildman–Crippen LogP) is 2.38. The SMILES string of the molecule is O=C(O)CC1CCCN(c2ccccc2)C1. The Balaban J connectivity index is 1.99. The van der Waals surface area contributed by atoms with Gasteiger partial charge in [0.15, 0.2) is 0 Å². The van der Waals surface area contributed by atoms with Crippen LogP contribution >= 0.6 is 0 Å². The van der Waals surface area contributed by atoms with E-state index in [4.69, 9.17) is 5.11 Å². The van der Waals surface area contributed by atoms with Gasteiger partial charge in [-0.15, -0.1) is 0 Å². The van der Waals surface area contributed by atoms with Gasteiger partial charge in [0.2, 0.25) is 0 Å². The molecule has 1 aliphatic heterocycles. The van der Waals surface area contributed by atoms with Crippen molar-refractivity contribution in [3.63, 3.8) is 0 Å². The Morgan fingerprint density at radius 3 is 2.81 bits per heavy atom. The molecule has 16 heavy (non-hydrogen) atoms. The molecule has 1 aromatic rings. The van der Waals surface area contributed by atoms with Crippen LogP contribution in [0.4, 0.5) is 5.69 Å². The van der Waals surface area contributed by atoms with Crippen molar-refractivity contribution in [3.05, 3.63) is 30.3 Å². The lowest BCUT2D eigenvalue weighted by Crippen LogP contribution is -2.36. The number of nitrogens with zero attached hydrogens (tertiary/aromatic N) is 1. The summed E-state index contributed by atoms with van der Waals surface area (Å²) < 4.78 is 0. The lowest BCUT2D eigenvalue weighted by atomic mass is 9.94. The Hall–Kier alpha value is -1.51. The van der Waals surface area contributed by atoms with Gasteiger partial charge in [0.05, 0.1) is 0 Å². The number of anilines is 1. The van der Waals surface area contributed by atoms with Gasteiger partial charge in [-0.2, -0.15) is 0 Å². The van der Waals surface area contributed by atoms with Crippen molar-refractivity contribution in [3.8, 4) is 0 Å². The molecule has 0 radical (unpaired) electrons. The first-order chi connectivity index (χ1) is 7.75. The van der Waals surface area contributed by atoms with E-state index >= 15 is 0 Å². The van der Waals surface area contributed by atoms with E-state index in [1.807, 2.05) is 18.2 Å². The van der Waals surface area contributed by atoms with Crippen LogP contribution in [0.1, 0.15) is 19.3 Å². The Labute approximate surface area is 95.7 Å². The highest BCUT2D eigenvalue weighted by atomic mass is 16.4. The molecule has 1 atom stereocenters. The quantitative estimate of drug-likeness (QED) is 0.848. The second kappa shape index (κ2) is 5.01. The number of hydrogen-bond acceptors (Lipinski definition) is 2. The highest BCUT2D eigenvalue weighted by Gasteiger charge is 2.21. The van der Waals surface area contributed by atoms with Gasteiger partial charge in [0.25, 0.3) is 0 Å². The van der Waals surface area contributed by atoms with Gasteiger partial charge in [0, 0.05) is 25.2 Å². The molecular formula is C13H17NO2. The first-order valence-corrected chi connectivity index (χ1v) is 5.77. The second-order valence-corrected chi connectivity index (χ2v) is 4.39. The molecule has 2 rings (SSSR count). The minimum Gasteiger partial charge on any atom is -0.481 e. The van der Waals surface area contributed by atoms with E-state index in [9.17, 15) is 4.79 Å². The summed E-state index contributed by atoms with van der Waals surface area (Å²) in [7, 11) is 0. The maximum atomic E-state index is 10.7. The van der Waals surface area contributed by atoms with Crippen molar-refractivity contribution in [2.45, 2.75) is 19.3 Å². The number of carboxylic acid groups (broad SMARTS) is 1. The van der Waals surface area contributed by atoms with Gasteiger partial charge in [-0.25, -0.2) is 0 Å². The van der Waals surface area contributed by atoms with Crippen LogP contribution in [-0.4, -0.2) is 24.2 Å². The van der Waals surface area contributed by atoms with Crippen LogP contribution in [0.3, 0.4) is 0 Å². The first kappa shape index (κ1) is 11.0. The molecule has 3 heteroatoms. The summed E-state index contributed by atoms with van der Waals surface area (Å²) in [6.07, 6.45) is 2.42. The van der Waals surface area contributed by atoms with Gasteiger partial charge in [-0.05, 0) is 30.9 Å². The van der Waals surface area contributed by atoms with E-state index in [1.54, 1.807) is 0 Å². The molecule has 1 N–H and O–H groups in total. The fraction of sp³-hybridized carbons (Fsp3) is 0.462. The monoisotopic (exact) mass is 219 g/mol. The predicted molar refractivity (Wildman–Crippen MR) is 63.6 cm³/mol. The number of benzene rings is 1. The van der Waals surface area contributed by atoms with Crippen LogP contribution in [0.2, 0.25) is 0 Å². The van der Waals surface area contributed by atoms with Crippen molar-refractivity contribution in [1.82, 2.24) is 0 Å². The molecule has 1 heterocycles. The zero-order chi connectivity index (χ0) is 11.4. The minimum absolute atomic E-state index is 0.295. The van der Waals surface area contributed by atoms with Gasteiger partial charge in [-0.1, -0.05) is 18.2 Å². The van der Waals surface area contributed by atoms with Crippen LogP contribution < -0.4 is 4.90 Å². The average Bonchev–Trinajstić information content (AvgIpc) is 2.30. The number of carboxylic acids is 1. The lowest BCUT2D eigenvalue weighted by molar-refractivity contribution is -0.138. The molecule has 86 valence electrons. The normalized spacial score (nSPS) is 20.8. The zero-order valence-electron chi connectivity index (χ0n) is 9.30. The molecule has 0 spiro atoms. The standard InChI is InChI=1S/C13H17NO2/c15-13(16)9-11-5-4-8-14(10-11)12-6-2-1-3-7-12/h1-3,6-7,11H,4-5,8-10H2,(H,15,16). The molecule has 0 amide bonds. The molecule has 0 bridgehead atoms. The number of carbonyl (C=O) groups is 1. The van der Waals surface area contributed by atoms with Crippen molar-refractivity contribution in [2.75, 3.05) is 18.0 Å². The fourth-order valence-electron chi connectivity index (χ4n) is 2.35. The molecule has 1 fully saturated rings. The van der Waals surface area contributed by atoms with Gasteiger partial charge >= 0.3 is 5.97 Å². The average molecular weight is 219 g/mol. The van der Waals surface area contributed by atoms with E-state index in [2.05, 4.69) is 17.0 Å². The summed E-state index contributed by atoms with van der Waals surface area (Å²) in [5.41, 5.74) is 1.21. The van der Waals surface area contributed by atoms with E-state index in [0.717, 1.165) is 25.9 Å². The largest absolute Gasteiger partial charge is 0.481 e. The van der Waals surface area contributed by atoms with Crippen LogP contribution in [-0.2, 0) is 4.79 Å². The molecule has 1 saturated heterocycles. The summed E-state index contributed by atoms with van der Waals surface area (Å²) in [5.74, 6) is -0.383. The summed E-state index contributed by atoms with van der Waals surface area (Å²) in [4.78, 5) is 13.0. The van der Waals surface area contributed by atoms with Crippen LogP contribution in [0.15, 0.2) is 30.3 Å². The minimum atomic E-state index is -0.681. The third-order valence-electron chi connectivity index (χ3n) is 3.10. The molecule has 0 aliphatic carbocycles. The van der Waals surface area contributed by atoms with Crippen molar-refractivity contribution >= 4 is 11.7 Å². The highest BCUT2D eigenvalue weighted by Crippen LogP contribution is 2.24. The zero-order valence-corrected chi connectivity index (χ0v) is 9.30. The first-order valence-electron chi connectivity index (χ1n) is 5.77. The Bertz CT molecular complexity index is 350. The summed E-state index contributed by atoms with van der Waals surface area (Å²) >= 11 is 0. The Morgan fingerprint density at radius 1 is 1.38 bits per heavy atom. The third-order valence-corrected chi connectivity index (χ3v) is 3.10. The molecule has 1 aliphatic rings. The smallest absolute Gasteiger partial charge is 0.303 e. The van der Waals surface area contributed by atoms with E-state index in [-0.39, 0.29) is 0 Å². The molecule has 1 unspecified atom stereocenters. The molecule has 0 aromatic heterocycles.